The number of imidazole rings is 1. The number of hydrogen-bond acceptors (Lipinski definition) is 8. The summed E-state index contributed by atoms with van der Waals surface area (Å²) < 4.78 is 11.0. The van der Waals surface area contributed by atoms with E-state index in [2.05, 4.69) is 20.9 Å². The summed E-state index contributed by atoms with van der Waals surface area (Å²) in [6, 6.07) is 31.1. The van der Waals surface area contributed by atoms with E-state index in [0.29, 0.717) is 42.9 Å². The van der Waals surface area contributed by atoms with Gasteiger partial charge in [-0.15, -0.1) is 0 Å². The molecule has 14 nitrogen and oxygen atoms in total. The van der Waals surface area contributed by atoms with Crippen molar-refractivity contribution in [2.24, 2.45) is 0 Å². The van der Waals surface area contributed by atoms with Crippen molar-refractivity contribution in [1.29, 1.82) is 0 Å². The van der Waals surface area contributed by atoms with E-state index in [1.165, 1.54) is 0 Å². The fourth-order valence-electron chi connectivity index (χ4n) is 8.52. The van der Waals surface area contributed by atoms with Crippen molar-refractivity contribution in [2.75, 3.05) is 13.1 Å². The summed E-state index contributed by atoms with van der Waals surface area (Å²) >= 11 is 0. The molecule has 0 bridgehead atoms. The van der Waals surface area contributed by atoms with Crippen LogP contribution in [0.15, 0.2) is 115 Å². The molecule has 2 aliphatic rings. The van der Waals surface area contributed by atoms with Crippen LogP contribution in [0, 0.1) is 0 Å². The van der Waals surface area contributed by atoms with Gasteiger partial charge in [0.05, 0.1) is 24.0 Å². The van der Waals surface area contributed by atoms with Crippen molar-refractivity contribution in [3.63, 3.8) is 0 Å². The van der Waals surface area contributed by atoms with Gasteiger partial charge in [0, 0.05) is 13.1 Å². The van der Waals surface area contributed by atoms with Crippen LogP contribution in [0.4, 0.5) is 9.59 Å². The van der Waals surface area contributed by atoms with Gasteiger partial charge in [-0.3, -0.25) is 14.4 Å². The number of carbonyl (C=O) groups is 5. The highest BCUT2D eigenvalue weighted by molar-refractivity contribution is 5.93. The Hall–Kier alpha value is -6.96. The Morgan fingerprint density at radius 1 is 0.606 bits per heavy atom. The second-order valence-corrected chi connectivity index (χ2v) is 19.0. The molecule has 4 aromatic carbocycles. The molecule has 66 heavy (non-hydrogen) atoms. The fourth-order valence-corrected chi connectivity index (χ4v) is 8.52. The van der Waals surface area contributed by atoms with Crippen LogP contribution in [0.1, 0.15) is 121 Å². The summed E-state index contributed by atoms with van der Waals surface area (Å²) in [6.07, 6.45) is 3.11. The Balaban J connectivity index is 0.974. The van der Waals surface area contributed by atoms with Crippen molar-refractivity contribution < 1.29 is 33.4 Å². The highest BCUT2D eigenvalue weighted by Gasteiger charge is 2.40. The second-order valence-electron chi connectivity index (χ2n) is 19.0. The lowest BCUT2D eigenvalue weighted by molar-refractivity contribution is -0.140. The van der Waals surface area contributed by atoms with Crippen molar-refractivity contribution >= 4 is 29.9 Å². The van der Waals surface area contributed by atoms with Crippen LogP contribution in [0.3, 0.4) is 0 Å². The number of nitrogens with one attached hydrogen (secondary N) is 4. The molecule has 5 unspecified atom stereocenters. The SMILES string of the molecule is CC(NC(=O)C1CCCN1C(=O)C(NC(=O)OC(C)(C)C)c1ccccc1)c1ccc(-c2ccc(-c3cnc(C4CCCN4C(=O)C(NC(=O)OC(C)(C)C)c4ccccc4)[nH]3)cc2)cc1. The van der Waals surface area contributed by atoms with Crippen LogP contribution in [-0.4, -0.2) is 80.0 Å². The summed E-state index contributed by atoms with van der Waals surface area (Å²) in [5.41, 5.74) is 4.47. The molecule has 5 atom stereocenters. The highest BCUT2D eigenvalue weighted by atomic mass is 16.6. The standard InChI is InChI=1S/C52H61N7O7/c1-33(54-46(60)42-21-15-31-59(42)48(62)44(39-18-12-9-13-19-39)57-50(64)66-52(5,6)7)34-22-24-35(25-23-34)36-26-28-37(29-27-36)40-32-53-45(55-40)41-20-14-30-58(41)47(61)43(38-16-10-8-11-17-38)56-49(63)65-51(2,3)4/h8-13,16-19,22-29,32-33,41-44H,14-15,20-21,30-31H2,1-7H3,(H,53,55)(H,54,60)(H,56,63)(H,57,64). The summed E-state index contributed by atoms with van der Waals surface area (Å²) in [5.74, 6) is -0.163. The summed E-state index contributed by atoms with van der Waals surface area (Å²) in [6.45, 7) is 13.5. The molecular formula is C52H61N7O7. The van der Waals surface area contributed by atoms with Crippen molar-refractivity contribution in [2.45, 2.75) is 116 Å². The zero-order valence-corrected chi connectivity index (χ0v) is 38.8. The molecule has 5 amide bonds. The first-order chi connectivity index (χ1) is 31.4. The van der Waals surface area contributed by atoms with E-state index in [-0.39, 0.29) is 29.8 Å². The van der Waals surface area contributed by atoms with Gasteiger partial charge in [-0.25, -0.2) is 14.6 Å². The molecule has 2 fully saturated rings. The fraction of sp³-hybridized carbons (Fsp3) is 0.385. The first kappa shape index (κ1) is 47.0. The van der Waals surface area contributed by atoms with Gasteiger partial charge >= 0.3 is 12.2 Å². The zero-order valence-electron chi connectivity index (χ0n) is 38.8. The largest absolute Gasteiger partial charge is 0.444 e. The van der Waals surface area contributed by atoms with E-state index in [9.17, 15) is 24.0 Å². The Labute approximate surface area is 386 Å². The number of amides is 5. The first-order valence-electron chi connectivity index (χ1n) is 22.7. The molecule has 5 aromatic rings. The molecule has 2 aliphatic heterocycles. The quantitative estimate of drug-likeness (QED) is 0.0959. The maximum atomic E-state index is 14.2. The van der Waals surface area contributed by atoms with Crippen molar-refractivity contribution in [1.82, 2.24) is 35.7 Å². The predicted molar refractivity (Wildman–Crippen MR) is 252 cm³/mol. The normalized spacial score (nSPS) is 17.6. The number of alkyl carbamates (subject to hydrolysis) is 2. The number of ether oxygens (including phenoxy) is 2. The van der Waals surface area contributed by atoms with E-state index >= 15 is 0 Å². The number of benzene rings is 4. The molecule has 4 N–H and O–H groups in total. The Kier molecular flexibility index (Phi) is 14.3. The maximum Gasteiger partial charge on any atom is 0.408 e. The minimum absolute atomic E-state index is 0.227. The molecule has 7 rings (SSSR count). The summed E-state index contributed by atoms with van der Waals surface area (Å²) in [7, 11) is 0. The van der Waals surface area contributed by atoms with Crippen LogP contribution >= 0.6 is 0 Å². The van der Waals surface area contributed by atoms with Gasteiger partial charge in [-0.1, -0.05) is 109 Å². The number of aromatic amines is 1. The predicted octanol–water partition coefficient (Wildman–Crippen LogP) is 9.11. The molecule has 0 aliphatic carbocycles. The molecule has 1 aromatic heterocycles. The van der Waals surface area contributed by atoms with Crippen LogP contribution < -0.4 is 16.0 Å². The van der Waals surface area contributed by atoms with Gasteiger partial charge in [0.2, 0.25) is 5.91 Å². The first-order valence-corrected chi connectivity index (χ1v) is 22.7. The van der Waals surface area contributed by atoms with Gasteiger partial charge in [0.1, 0.15) is 35.2 Å². The van der Waals surface area contributed by atoms with Crippen LogP contribution in [0.25, 0.3) is 22.4 Å². The molecule has 0 radical (unpaired) electrons. The molecule has 2 saturated heterocycles. The number of hydrogen-bond donors (Lipinski definition) is 4. The summed E-state index contributed by atoms with van der Waals surface area (Å²) in [5, 5.41) is 8.67. The Bertz CT molecular complexity index is 2480. The van der Waals surface area contributed by atoms with E-state index in [1.807, 2.05) is 91.9 Å². The number of likely N-dealkylation sites (tertiary alicyclic amines) is 2. The third kappa shape index (κ3) is 11.6. The van der Waals surface area contributed by atoms with Gasteiger partial charge in [-0.05, 0) is 108 Å². The molecule has 14 heteroatoms. The topological polar surface area (TPSA) is 175 Å². The minimum Gasteiger partial charge on any atom is -0.444 e. The Morgan fingerprint density at radius 3 is 1.61 bits per heavy atom. The third-order valence-electron chi connectivity index (χ3n) is 11.7. The lowest BCUT2D eigenvalue weighted by atomic mass is 9.99. The molecular weight excluding hydrogens is 835 g/mol. The number of carbonyl (C=O) groups excluding carboxylic acids is 5. The van der Waals surface area contributed by atoms with E-state index in [1.54, 1.807) is 81.8 Å². The van der Waals surface area contributed by atoms with Gasteiger partial charge in [-0.2, -0.15) is 0 Å². The lowest BCUT2D eigenvalue weighted by Crippen LogP contribution is -2.50. The van der Waals surface area contributed by atoms with E-state index < -0.39 is 41.5 Å². The molecule has 3 heterocycles. The maximum absolute atomic E-state index is 14.2. The van der Waals surface area contributed by atoms with Gasteiger partial charge < -0.3 is 40.2 Å². The number of aromatic nitrogens is 2. The average Bonchev–Trinajstić information content (AvgIpc) is 4.09. The van der Waals surface area contributed by atoms with Crippen molar-refractivity contribution in [3.8, 4) is 22.4 Å². The van der Waals surface area contributed by atoms with Crippen molar-refractivity contribution in [3.05, 3.63) is 138 Å². The molecule has 0 spiro atoms. The number of rotatable bonds is 12. The minimum atomic E-state index is -1.01. The van der Waals surface area contributed by atoms with Gasteiger partial charge in [0.15, 0.2) is 0 Å². The second kappa shape index (κ2) is 20.1. The molecule has 346 valence electrons. The monoisotopic (exact) mass is 895 g/mol. The van der Waals surface area contributed by atoms with Crippen LogP contribution in [0.5, 0.6) is 0 Å². The third-order valence-corrected chi connectivity index (χ3v) is 11.7. The van der Waals surface area contributed by atoms with E-state index in [0.717, 1.165) is 40.8 Å². The Morgan fingerprint density at radius 2 is 1.08 bits per heavy atom. The zero-order chi connectivity index (χ0) is 47.2. The van der Waals surface area contributed by atoms with E-state index in [4.69, 9.17) is 14.5 Å². The average molecular weight is 896 g/mol. The highest BCUT2D eigenvalue weighted by Crippen LogP contribution is 2.35. The van der Waals surface area contributed by atoms with Crippen LogP contribution in [0.2, 0.25) is 0 Å². The van der Waals surface area contributed by atoms with Crippen LogP contribution in [-0.2, 0) is 23.9 Å². The lowest BCUT2D eigenvalue weighted by Gasteiger charge is -2.30. The molecule has 0 saturated carbocycles. The van der Waals surface area contributed by atoms with Gasteiger partial charge in [0.25, 0.3) is 11.8 Å². The number of nitrogens with zero attached hydrogens (tertiary/aromatic N) is 3. The number of H-pyrrole nitrogens is 1. The summed E-state index contributed by atoms with van der Waals surface area (Å²) in [4.78, 5) is 79.2. The smallest absolute Gasteiger partial charge is 0.408 e.